The highest BCUT2D eigenvalue weighted by molar-refractivity contribution is 5.94. The number of rotatable bonds is 2. The Kier molecular flexibility index (Phi) is 3.65. The van der Waals surface area contributed by atoms with Gasteiger partial charge in [0.2, 0.25) is 0 Å². The van der Waals surface area contributed by atoms with Gasteiger partial charge in [0.05, 0.1) is 37.6 Å². The molecule has 0 radical (unpaired) electrons. The number of hydrogen-bond acceptors (Lipinski definition) is 4. The van der Waals surface area contributed by atoms with Crippen LogP contribution < -0.4 is 0 Å². The van der Waals surface area contributed by atoms with Gasteiger partial charge in [0.1, 0.15) is 0 Å². The fourth-order valence-corrected chi connectivity index (χ4v) is 1.78. The van der Waals surface area contributed by atoms with Gasteiger partial charge in [-0.25, -0.2) is 4.39 Å². The highest BCUT2D eigenvalue weighted by Crippen LogP contribution is 2.14. The quantitative estimate of drug-likeness (QED) is 0.793. The van der Waals surface area contributed by atoms with Gasteiger partial charge in [-0.15, -0.1) is 0 Å². The summed E-state index contributed by atoms with van der Waals surface area (Å²) in [7, 11) is 0. The Morgan fingerprint density at radius 1 is 1.71 bits per heavy atom. The van der Waals surface area contributed by atoms with E-state index in [0.717, 1.165) is 6.20 Å². The SMILES string of the molecule is O=C(c1ccncc1F)N1CCOCC1CO. The number of aromatic nitrogens is 1. The van der Waals surface area contributed by atoms with Gasteiger partial charge in [0.25, 0.3) is 5.91 Å². The molecule has 1 aliphatic heterocycles. The van der Waals surface area contributed by atoms with Crippen molar-refractivity contribution in [2.75, 3.05) is 26.4 Å². The van der Waals surface area contributed by atoms with E-state index in [0.29, 0.717) is 13.2 Å². The molecule has 17 heavy (non-hydrogen) atoms. The Morgan fingerprint density at radius 3 is 3.24 bits per heavy atom. The molecule has 5 nitrogen and oxygen atoms in total. The fraction of sp³-hybridized carbons (Fsp3) is 0.455. The third-order valence-corrected chi connectivity index (χ3v) is 2.70. The zero-order chi connectivity index (χ0) is 12.3. The number of hydrogen-bond donors (Lipinski definition) is 1. The van der Waals surface area contributed by atoms with Gasteiger partial charge in [-0.2, -0.15) is 0 Å². The van der Waals surface area contributed by atoms with Crippen LogP contribution in [0.2, 0.25) is 0 Å². The highest BCUT2D eigenvalue weighted by Gasteiger charge is 2.28. The van der Waals surface area contributed by atoms with Gasteiger partial charge < -0.3 is 14.7 Å². The Hall–Kier alpha value is -1.53. The van der Waals surface area contributed by atoms with Crippen LogP contribution in [-0.4, -0.2) is 53.3 Å². The number of amides is 1. The van der Waals surface area contributed by atoms with Crippen molar-refractivity contribution < 1.29 is 19.0 Å². The molecule has 0 saturated carbocycles. The molecule has 2 heterocycles. The van der Waals surface area contributed by atoms with E-state index in [-0.39, 0.29) is 18.8 Å². The first kappa shape index (κ1) is 11.9. The summed E-state index contributed by atoms with van der Waals surface area (Å²) in [5, 5.41) is 9.15. The summed E-state index contributed by atoms with van der Waals surface area (Å²) >= 11 is 0. The van der Waals surface area contributed by atoms with Gasteiger partial charge in [0.15, 0.2) is 5.82 Å². The molecular weight excluding hydrogens is 227 g/mol. The number of morpholine rings is 1. The summed E-state index contributed by atoms with van der Waals surface area (Å²) in [4.78, 5) is 17.1. The maximum Gasteiger partial charge on any atom is 0.257 e. The van der Waals surface area contributed by atoms with Gasteiger partial charge in [-0.1, -0.05) is 0 Å². The molecule has 1 amide bonds. The minimum Gasteiger partial charge on any atom is -0.394 e. The van der Waals surface area contributed by atoms with Crippen LogP contribution >= 0.6 is 0 Å². The Morgan fingerprint density at radius 2 is 2.53 bits per heavy atom. The van der Waals surface area contributed by atoms with E-state index in [9.17, 15) is 9.18 Å². The number of halogens is 1. The van der Waals surface area contributed by atoms with Crippen molar-refractivity contribution in [3.63, 3.8) is 0 Å². The van der Waals surface area contributed by atoms with Crippen molar-refractivity contribution in [3.05, 3.63) is 29.8 Å². The van der Waals surface area contributed by atoms with Gasteiger partial charge in [0, 0.05) is 12.7 Å². The van der Waals surface area contributed by atoms with Crippen LogP contribution in [-0.2, 0) is 4.74 Å². The lowest BCUT2D eigenvalue weighted by molar-refractivity contribution is -0.0186. The zero-order valence-electron chi connectivity index (χ0n) is 9.17. The van der Waals surface area contributed by atoms with Crippen molar-refractivity contribution in [1.29, 1.82) is 0 Å². The average molecular weight is 240 g/mol. The first-order valence-electron chi connectivity index (χ1n) is 5.33. The van der Waals surface area contributed by atoms with Gasteiger partial charge >= 0.3 is 0 Å². The van der Waals surface area contributed by atoms with Crippen LogP contribution in [0, 0.1) is 5.82 Å². The third kappa shape index (κ3) is 2.42. The Bertz CT molecular complexity index is 413. The number of ether oxygens (including phenoxy) is 1. The van der Waals surface area contributed by atoms with E-state index in [4.69, 9.17) is 9.84 Å². The lowest BCUT2D eigenvalue weighted by Crippen LogP contribution is -2.50. The summed E-state index contributed by atoms with van der Waals surface area (Å²) in [6, 6.07) is 0.922. The lowest BCUT2D eigenvalue weighted by Gasteiger charge is -2.34. The fourth-order valence-electron chi connectivity index (χ4n) is 1.78. The van der Waals surface area contributed by atoms with Crippen molar-refractivity contribution in [3.8, 4) is 0 Å². The van der Waals surface area contributed by atoms with Crippen LogP contribution in [0.15, 0.2) is 18.5 Å². The molecule has 1 aromatic rings. The summed E-state index contributed by atoms with van der Waals surface area (Å²) in [5.74, 6) is -1.09. The van der Waals surface area contributed by atoms with E-state index in [1.807, 2.05) is 0 Å². The molecule has 0 bridgehead atoms. The van der Waals surface area contributed by atoms with Crippen molar-refractivity contribution >= 4 is 5.91 Å². The molecule has 6 heteroatoms. The number of carbonyl (C=O) groups is 1. The van der Waals surface area contributed by atoms with Crippen LogP contribution in [0.3, 0.4) is 0 Å². The monoisotopic (exact) mass is 240 g/mol. The third-order valence-electron chi connectivity index (χ3n) is 2.70. The molecule has 0 aromatic carbocycles. The predicted molar refractivity (Wildman–Crippen MR) is 56.9 cm³/mol. The lowest BCUT2D eigenvalue weighted by atomic mass is 10.1. The predicted octanol–water partition coefficient (Wildman–Crippen LogP) is 0.0540. The first-order valence-corrected chi connectivity index (χ1v) is 5.33. The summed E-state index contributed by atoms with van der Waals surface area (Å²) < 4.78 is 18.6. The zero-order valence-corrected chi connectivity index (χ0v) is 9.17. The largest absolute Gasteiger partial charge is 0.394 e. The first-order chi connectivity index (χ1) is 8.24. The number of nitrogens with zero attached hydrogens (tertiary/aromatic N) is 2. The minimum absolute atomic E-state index is 0.0275. The summed E-state index contributed by atoms with van der Waals surface area (Å²) in [5.41, 5.74) is -0.0275. The standard InChI is InChI=1S/C11H13FN2O3/c12-10-5-13-2-1-9(10)11(16)14-3-4-17-7-8(14)6-15/h1-2,5,8,15H,3-4,6-7H2. The number of pyridine rings is 1. The topological polar surface area (TPSA) is 62.7 Å². The van der Waals surface area contributed by atoms with Crippen LogP contribution in [0.25, 0.3) is 0 Å². The molecule has 1 saturated heterocycles. The maximum absolute atomic E-state index is 13.4. The molecule has 1 N–H and O–H groups in total. The van der Waals surface area contributed by atoms with E-state index in [1.54, 1.807) is 0 Å². The van der Waals surface area contributed by atoms with Crippen molar-refractivity contribution in [1.82, 2.24) is 9.88 Å². The van der Waals surface area contributed by atoms with Gasteiger partial charge in [-0.05, 0) is 6.07 Å². The van der Waals surface area contributed by atoms with E-state index >= 15 is 0 Å². The Labute approximate surface area is 97.8 Å². The van der Waals surface area contributed by atoms with E-state index in [2.05, 4.69) is 4.98 Å². The highest BCUT2D eigenvalue weighted by atomic mass is 19.1. The molecule has 1 fully saturated rings. The number of aliphatic hydroxyl groups is 1. The van der Waals surface area contributed by atoms with E-state index in [1.165, 1.54) is 17.2 Å². The molecule has 1 atom stereocenters. The van der Waals surface area contributed by atoms with Crippen LogP contribution in [0.5, 0.6) is 0 Å². The smallest absolute Gasteiger partial charge is 0.257 e. The molecule has 1 aliphatic rings. The molecule has 1 aromatic heterocycles. The molecule has 92 valence electrons. The number of aliphatic hydroxyl groups excluding tert-OH is 1. The minimum atomic E-state index is -0.652. The molecule has 2 rings (SSSR count). The molecular formula is C11H13FN2O3. The van der Waals surface area contributed by atoms with Crippen molar-refractivity contribution in [2.24, 2.45) is 0 Å². The van der Waals surface area contributed by atoms with Gasteiger partial charge in [-0.3, -0.25) is 9.78 Å². The van der Waals surface area contributed by atoms with Crippen LogP contribution in [0.1, 0.15) is 10.4 Å². The second kappa shape index (κ2) is 5.20. The normalized spacial score (nSPS) is 20.4. The molecule has 0 spiro atoms. The van der Waals surface area contributed by atoms with Crippen molar-refractivity contribution in [2.45, 2.75) is 6.04 Å². The second-order valence-corrected chi connectivity index (χ2v) is 3.77. The molecule has 1 unspecified atom stereocenters. The summed E-state index contributed by atoms with van der Waals surface area (Å²) in [6.07, 6.45) is 2.37. The Balaban J connectivity index is 2.21. The number of carbonyl (C=O) groups excluding carboxylic acids is 1. The maximum atomic E-state index is 13.4. The van der Waals surface area contributed by atoms with Crippen LogP contribution in [0.4, 0.5) is 4.39 Å². The van der Waals surface area contributed by atoms with E-state index < -0.39 is 17.8 Å². The second-order valence-electron chi connectivity index (χ2n) is 3.77. The average Bonchev–Trinajstić information content (AvgIpc) is 2.38. The molecule has 0 aliphatic carbocycles. The summed E-state index contributed by atoms with van der Waals surface area (Å²) in [6.45, 7) is 0.828.